The largest absolute Gasteiger partial charge is 0.308 e. The van der Waals surface area contributed by atoms with Crippen molar-refractivity contribution in [3.05, 3.63) is 59.3 Å². The summed E-state index contributed by atoms with van der Waals surface area (Å²) in [5.74, 6) is 1.09. The van der Waals surface area contributed by atoms with Crippen molar-refractivity contribution >= 4 is 22.8 Å². The van der Waals surface area contributed by atoms with Crippen LogP contribution in [0.3, 0.4) is 0 Å². The number of hydrogen-bond donors (Lipinski definition) is 0. The fourth-order valence-electron chi connectivity index (χ4n) is 2.38. The third kappa shape index (κ3) is 2.76. The number of rotatable bonds is 4. The zero-order valence-corrected chi connectivity index (χ0v) is 12.4. The van der Waals surface area contributed by atoms with Crippen molar-refractivity contribution in [3.8, 4) is 0 Å². The zero-order chi connectivity index (χ0) is 14.8. The maximum Gasteiger partial charge on any atom is 0.160 e. The second-order valence-corrected chi connectivity index (χ2v) is 5.32. The smallest absolute Gasteiger partial charge is 0.160 e. The quantitative estimate of drug-likeness (QED) is 0.688. The van der Waals surface area contributed by atoms with Crippen LogP contribution in [0.2, 0.25) is 0 Å². The predicted octanol–water partition coefficient (Wildman–Crippen LogP) is 3.71. The Kier molecular flexibility index (Phi) is 3.88. The highest BCUT2D eigenvalue weighted by Crippen LogP contribution is 2.19. The van der Waals surface area contributed by atoms with E-state index in [0.29, 0.717) is 24.4 Å². The standard InChI is InChI=1S/C16H15ClFN3/c1-11-6-7-14-16(19-11)21(15(20-14)8-9-17)10-12-4-2-3-5-13(12)18/h2-7H,8-10H2,1H3. The summed E-state index contributed by atoms with van der Waals surface area (Å²) < 4.78 is 15.8. The highest BCUT2D eigenvalue weighted by atomic mass is 35.5. The Hall–Kier alpha value is -1.94. The average molecular weight is 304 g/mol. The van der Waals surface area contributed by atoms with Crippen LogP contribution in [0.5, 0.6) is 0 Å². The van der Waals surface area contributed by atoms with Gasteiger partial charge in [-0.2, -0.15) is 0 Å². The molecule has 0 amide bonds. The van der Waals surface area contributed by atoms with E-state index in [1.807, 2.05) is 29.7 Å². The summed E-state index contributed by atoms with van der Waals surface area (Å²) in [6.45, 7) is 2.34. The highest BCUT2D eigenvalue weighted by molar-refractivity contribution is 6.17. The van der Waals surface area contributed by atoms with Crippen LogP contribution >= 0.6 is 11.6 Å². The molecule has 0 aliphatic rings. The Balaban J connectivity index is 2.12. The molecular weight excluding hydrogens is 289 g/mol. The van der Waals surface area contributed by atoms with E-state index in [1.165, 1.54) is 6.07 Å². The van der Waals surface area contributed by atoms with Gasteiger partial charge in [0, 0.05) is 23.6 Å². The lowest BCUT2D eigenvalue weighted by molar-refractivity contribution is 0.597. The molecule has 0 atom stereocenters. The number of pyridine rings is 1. The maximum atomic E-state index is 13.9. The molecule has 0 aliphatic carbocycles. The SMILES string of the molecule is Cc1ccc2nc(CCCl)n(Cc3ccccc3F)c2n1. The van der Waals surface area contributed by atoms with Crippen molar-refractivity contribution in [3.63, 3.8) is 0 Å². The molecule has 21 heavy (non-hydrogen) atoms. The molecule has 3 nitrogen and oxygen atoms in total. The number of fused-ring (bicyclic) bond motifs is 1. The lowest BCUT2D eigenvalue weighted by atomic mass is 10.2. The Morgan fingerprint density at radius 2 is 1.95 bits per heavy atom. The molecule has 2 aromatic heterocycles. The number of nitrogens with zero attached hydrogens (tertiary/aromatic N) is 3. The van der Waals surface area contributed by atoms with Crippen LogP contribution in [0.15, 0.2) is 36.4 Å². The summed E-state index contributed by atoms with van der Waals surface area (Å²) in [6.07, 6.45) is 0.630. The summed E-state index contributed by atoms with van der Waals surface area (Å²) in [6, 6.07) is 10.6. The van der Waals surface area contributed by atoms with Gasteiger partial charge in [-0.15, -0.1) is 11.6 Å². The molecule has 0 saturated heterocycles. The van der Waals surface area contributed by atoms with Crippen LogP contribution in [0, 0.1) is 12.7 Å². The number of hydrogen-bond acceptors (Lipinski definition) is 2. The molecule has 2 heterocycles. The minimum absolute atomic E-state index is 0.219. The number of imidazole rings is 1. The van der Waals surface area contributed by atoms with Crippen molar-refractivity contribution in [2.45, 2.75) is 19.9 Å². The van der Waals surface area contributed by atoms with Crippen molar-refractivity contribution in [2.24, 2.45) is 0 Å². The first-order chi connectivity index (χ1) is 10.2. The van der Waals surface area contributed by atoms with Crippen molar-refractivity contribution in [1.29, 1.82) is 0 Å². The van der Waals surface area contributed by atoms with Crippen LogP contribution < -0.4 is 0 Å². The zero-order valence-electron chi connectivity index (χ0n) is 11.7. The highest BCUT2D eigenvalue weighted by Gasteiger charge is 2.13. The number of aryl methyl sites for hydroxylation is 2. The van der Waals surface area contributed by atoms with Gasteiger partial charge in [-0.3, -0.25) is 0 Å². The van der Waals surface area contributed by atoms with E-state index >= 15 is 0 Å². The number of halogens is 2. The monoisotopic (exact) mass is 303 g/mol. The van der Waals surface area contributed by atoms with Gasteiger partial charge in [0.05, 0.1) is 6.54 Å². The average Bonchev–Trinajstić information content (AvgIpc) is 2.79. The first-order valence-electron chi connectivity index (χ1n) is 6.81. The lowest BCUT2D eigenvalue weighted by Crippen LogP contribution is -2.08. The molecule has 0 bridgehead atoms. The Labute approximate surface area is 127 Å². The molecule has 1 aromatic carbocycles. The summed E-state index contributed by atoms with van der Waals surface area (Å²) in [4.78, 5) is 9.10. The second-order valence-electron chi connectivity index (χ2n) is 4.94. The molecule has 0 unspecified atom stereocenters. The molecule has 0 aliphatic heterocycles. The molecule has 3 aromatic rings. The number of alkyl halides is 1. The molecule has 0 fully saturated rings. The summed E-state index contributed by atoms with van der Waals surface area (Å²) in [5, 5.41) is 0. The minimum atomic E-state index is -0.219. The molecular formula is C16H15ClFN3. The first kappa shape index (κ1) is 14.0. The van der Waals surface area contributed by atoms with E-state index in [9.17, 15) is 4.39 Å². The molecule has 0 radical (unpaired) electrons. The van der Waals surface area contributed by atoms with Gasteiger partial charge in [-0.1, -0.05) is 18.2 Å². The van der Waals surface area contributed by atoms with Gasteiger partial charge in [0.1, 0.15) is 17.2 Å². The van der Waals surface area contributed by atoms with Gasteiger partial charge in [0.25, 0.3) is 0 Å². The topological polar surface area (TPSA) is 30.7 Å². The number of aromatic nitrogens is 3. The lowest BCUT2D eigenvalue weighted by Gasteiger charge is -2.09. The van der Waals surface area contributed by atoms with E-state index in [2.05, 4.69) is 9.97 Å². The van der Waals surface area contributed by atoms with Gasteiger partial charge in [-0.05, 0) is 25.1 Å². The molecule has 0 spiro atoms. The van der Waals surface area contributed by atoms with Gasteiger partial charge in [0.15, 0.2) is 5.65 Å². The molecule has 0 N–H and O–H groups in total. The van der Waals surface area contributed by atoms with E-state index in [1.54, 1.807) is 12.1 Å². The molecule has 0 saturated carbocycles. The summed E-state index contributed by atoms with van der Waals surface area (Å²) in [7, 11) is 0. The van der Waals surface area contributed by atoms with Crippen molar-refractivity contribution in [2.75, 3.05) is 5.88 Å². The normalized spacial score (nSPS) is 11.2. The van der Waals surface area contributed by atoms with Gasteiger partial charge in [-0.25, -0.2) is 14.4 Å². The van der Waals surface area contributed by atoms with E-state index in [0.717, 1.165) is 22.7 Å². The van der Waals surface area contributed by atoms with Gasteiger partial charge >= 0.3 is 0 Å². The maximum absolute atomic E-state index is 13.9. The van der Waals surface area contributed by atoms with E-state index in [4.69, 9.17) is 11.6 Å². The summed E-state index contributed by atoms with van der Waals surface area (Å²) in [5.41, 5.74) is 3.13. The summed E-state index contributed by atoms with van der Waals surface area (Å²) >= 11 is 5.85. The fourth-order valence-corrected chi connectivity index (χ4v) is 2.55. The Morgan fingerprint density at radius 3 is 2.71 bits per heavy atom. The van der Waals surface area contributed by atoms with E-state index in [-0.39, 0.29) is 5.82 Å². The molecule has 108 valence electrons. The molecule has 3 rings (SSSR count). The van der Waals surface area contributed by atoms with Crippen LogP contribution in [0.4, 0.5) is 4.39 Å². The van der Waals surface area contributed by atoms with Crippen molar-refractivity contribution < 1.29 is 4.39 Å². The van der Waals surface area contributed by atoms with Crippen LogP contribution in [0.1, 0.15) is 17.1 Å². The second kappa shape index (κ2) is 5.82. The molecule has 5 heteroatoms. The van der Waals surface area contributed by atoms with Gasteiger partial charge < -0.3 is 4.57 Å². The minimum Gasteiger partial charge on any atom is -0.308 e. The Bertz CT molecular complexity index is 782. The third-order valence-corrected chi connectivity index (χ3v) is 3.60. The van der Waals surface area contributed by atoms with Gasteiger partial charge in [0.2, 0.25) is 0 Å². The van der Waals surface area contributed by atoms with Crippen molar-refractivity contribution in [1.82, 2.24) is 14.5 Å². The Morgan fingerprint density at radius 1 is 1.14 bits per heavy atom. The predicted molar refractivity (Wildman–Crippen MR) is 82.2 cm³/mol. The third-order valence-electron chi connectivity index (χ3n) is 3.41. The van der Waals surface area contributed by atoms with Crippen LogP contribution in [0.25, 0.3) is 11.2 Å². The number of benzene rings is 1. The van der Waals surface area contributed by atoms with E-state index < -0.39 is 0 Å². The van der Waals surface area contributed by atoms with Crippen LogP contribution in [-0.2, 0) is 13.0 Å². The first-order valence-corrected chi connectivity index (χ1v) is 7.34. The fraction of sp³-hybridized carbons (Fsp3) is 0.250. The van der Waals surface area contributed by atoms with Crippen LogP contribution in [-0.4, -0.2) is 20.4 Å².